The second-order valence-corrected chi connectivity index (χ2v) is 3.52. The highest BCUT2D eigenvalue weighted by atomic mass is 14.0. The largest absolute Gasteiger partial charge is 0.0841 e. The van der Waals surface area contributed by atoms with E-state index >= 15 is 0 Å². The van der Waals surface area contributed by atoms with E-state index in [0.29, 0.717) is 0 Å². The lowest BCUT2D eigenvalue weighted by atomic mass is 10.0. The Hall–Kier alpha value is -1.30. The number of hydrogen-bond acceptors (Lipinski definition) is 0. The third-order valence-corrected chi connectivity index (χ3v) is 2.66. The molecule has 0 nitrogen and oxygen atoms in total. The van der Waals surface area contributed by atoms with Gasteiger partial charge < -0.3 is 0 Å². The van der Waals surface area contributed by atoms with E-state index in [1.54, 1.807) is 0 Å². The lowest BCUT2D eigenvalue weighted by molar-refractivity contribution is 1.49. The van der Waals surface area contributed by atoms with Crippen LogP contribution in [0.15, 0.2) is 36.4 Å². The topological polar surface area (TPSA) is 0 Å². The normalized spacial score (nSPS) is 13.1. The summed E-state index contributed by atoms with van der Waals surface area (Å²) in [7, 11) is 0. The van der Waals surface area contributed by atoms with E-state index in [2.05, 4.69) is 64.1 Å². The Morgan fingerprint density at radius 2 is 1.07 bits per heavy atom. The summed E-state index contributed by atoms with van der Waals surface area (Å²) in [5, 5.41) is 0. The molecule has 0 fully saturated rings. The molecule has 0 aliphatic heterocycles. The van der Waals surface area contributed by atoms with Gasteiger partial charge in [-0.1, -0.05) is 36.4 Å². The first-order valence-electron chi connectivity index (χ1n) is 5.05. The van der Waals surface area contributed by atoms with Gasteiger partial charge in [0, 0.05) is 0 Å². The molecule has 74 valence electrons. The Kier molecular flexibility index (Phi) is 3.70. The summed E-state index contributed by atoms with van der Waals surface area (Å²) in [5.74, 6) is 0. The molecule has 0 amide bonds. The van der Waals surface area contributed by atoms with Crippen LogP contribution in [0, 0.1) is 0 Å². The first-order valence-corrected chi connectivity index (χ1v) is 5.05. The van der Waals surface area contributed by atoms with E-state index in [0.717, 1.165) is 0 Å². The average molecular weight is 186 g/mol. The Morgan fingerprint density at radius 1 is 0.786 bits per heavy atom. The fraction of sp³-hybridized carbons (Fsp3) is 0.286. The van der Waals surface area contributed by atoms with Crippen LogP contribution in [0.5, 0.6) is 0 Å². The summed E-state index contributed by atoms with van der Waals surface area (Å²) in [6, 6.07) is 8.71. The molecule has 1 aromatic carbocycles. The third kappa shape index (κ3) is 2.35. The molecule has 0 aliphatic carbocycles. The van der Waals surface area contributed by atoms with Crippen LogP contribution >= 0.6 is 0 Å². The Bertz CT molecular complexity index is 313. The fourth-order valence-corrected chi connectivity index (χ4v) is 1.33. The molecule has 0 aromatic heterocycles. The zero-order chi connectivity index (χ0) is 10.6. The summed E-state index contributed by atoms with van der Waals surface area (Å²) in [5.41, 5.74) is 5.27. The zero-order valence-electron chi connectivity index (χ0n) is 9.46. The maximum absolute atomic E-state index is 2.18. The molecule has 0 unspecified atom stereocenters. The third-order valence-electron chi connectivity index (χ3n) is 2.66. The first kappa shape index (κ1) is 10.8. The van der Waals surface area contributed by atoms with Crippen LogP contribution in [0.25, 0.3) is 11.1 Å². The van der Waals surface area contributed by atoms with Crippen LogP contribution < -0.4 is 0 Å². The van der Waals surface area contributed by atoms with Crippen LogP contribution in [-0.2, 0) is 0 Å². The molecule has 0 saturated carbocycles. The Balaban J connectivity index is 3.01. The molecule has 1 rings (SSSR count). The van der Waals surface area contributed by atoms with Crippen molar-refractivity contribution >= 4 is 11.1 Å². The van der Waals surface area contributed by atoms with Crippen molar-refractivity contribution in [3.63, 3.8) is 0 Å². The highest BCUT2D eigenvalue weighted by Gasteiger charge is 1.96. The lowest BCUT2D eigenvalue weighted by Crippen LogP contribution is -1.82. The van der Waals surface area contributed by atoms with Crippen molar-refractivity contribution < 1.29 is 0 Å². The molecule has 1 aromatic rings. The summed E-state index contributed by atoms with van der Waals surface area (Å²) in [6.07, 6.45) is 4.27. The second kappa shape index (κ2) is 4.80. The summed E-state index contributed by atoms with van der Waals surface area (Å²) >= 11 is 0. The van der Waals surface area contributed by atoms with Gasteiger partial charge in [-0.25, -0.2) is 0 Å². The minimum atomic E-state index is 1.31. The van der Waals surface area contributed by atoms with Crippen LogP contribution in [0.4, 0.5) is 0 Å². The molecule has 14 heavy (non-hydrogen) atoms. The molecule has 0 heterocycles. The maximum Gasteiger partial charge on any atom is -0.0230 e. The fourth-order valence-electron chi connectivity index (χ4n) is 1.33. The molecule has 0 saturated heterocycles. The highest BCUT2D eigenvalue weighted by Crippen LogP contribution is 2.18. The van der Waals surface area contributed by atoms with Gasteiger partial charge in [-0.3, -0.25) is 0 Å². The van der Waals surface area contributed by atoms with Crippen molar-refractivity contribution in [1.82, 2.24) is 0 Å². The van der Waals surface area contributed by atoms with Crippen LogP contribution in [-0.4, -0.2) is 0 Å². The van der Waals surface area contributed by atoms with Crippen molar-refractivity contribution in [3.05, 3.63) is 47.5 Å². The molecule has 0 atom stereocenters. The maximum atomic E-state index is 2.18. The van der Waals surface area contributed by atoms with Gasteiger partial charge >= 0.3 is 0 Å². The predicted octanol–water partition coefficient (Wildman–Crippen LogP) is 4.53. The van der Waals surface area contributed by atoms with E-state index in [4.69, 9.17) is 0 Å². The van der Waals surface area contributed by atoms with Crippen molar-refractivity contribution in [2.45, 2.75) is 27.7 Å². The van der Waals surface area contributed by atoms with Crippen LogP contribution in [0.3, 0.4) is 0 Å². The van der Waals surface area contributed by atoms with Gasteiger partial charge in [0.2, 0.25) is 0 Å². The van der Waals surface area contributed by atoms with Crippen LogP contribution in [0.2, 0.25) is 0 Å². The van der Waals surface area contributed by atoms with Gasteiger partial charge in [-0.05, 0) is 50.0 Å². The van der Waals surface area contributed by atoms with E-state index in [1.165, 1.54) is 22.3 Å². The predicted molar refractivity (Wildman–Crippen MR) is 65.1 cm³/mol. The van der Waals surface area contributed by atoms with E-state index < -0.39 is 0 Å². The molecular weight excluding hydrogens is 168 g/mol. The lowest BCUT2D eigenvalue weighted by Gasteiger charge is -2.04. The Morgan fingerprint density at radius 3 is 1.29 bits per heavy atom. The monoisotopic (exact) mass is 186 g/mol. The Labute approximate surface area is 87.0 Å². The summed E-state index contributed by atoms with van der Waals surface area (Å²) in [4.78, 5) is 0. The summed E-state index contributed by atoms with van der Waals surface area (Å²) in [6.45, 7) is 8.41. The number of hydrogen-bond donors (Lipinski definition) is 0. The van der Waals surface area contributed by atoms with Crippen molar-refractivity contribution in [3.8, 4) is 0 Å². The van der Waals surface area contributed by atoms with E-state index in [-0.39, 0.29) is 0 Å². The SMILES string of the molecule is C/C=C(\C)c1ccc(/C(C)=C/C)cc1. The van der Waals surface area contributed by atoms with E-state index in [1.807, 2.05) is 0 Å². The minimum absolute atomic E-state index is 1.31. The van der Waals surface area contributed by atoms with Gasteiger partial charge in [0.15, 0.2) is 0 Å². The van der Waals surface area contributed by atoms with Crippen molar-refractivity contribution in [2.75, 3.05) is 0 Å². The number of allylic oxidation sites excluding steroid dienone is 4. The first-order chi connectivity index (χ1) is 6.69. The summed E-state index contributed by atoms with van der Waals surface area (Å²) < 4.78 is 0. The quantitative estimate of drug-likeness (QED) is 0.636. The van der Waals surface area contributed by atoms with E-state index in [9.17, 15) is 0 Å². The van der Waals surface area contributed by atoms with Crippen molar-refractivity contribution in [1.29, 1.82) is 0 Å². The smallest absolute Gasteiger partial charge is 0.0230 e. The molecule has 0 radical (unpaired) electrons. The van der Waals surface area contributed by atoms with Gasteiger partial charge in [0.05, 0.1) is 0 Å². The van der Waals surface area contributed by atoms with Gasteiger partial charge in [-0.2, -0.15) is 0 Å². The molecule has 0 heteroatoms. The second-order valence-electron chi connectivity index (χ2n) is 3.52. The van der Waals surface area contributed by atoms with Crippen LogP contribution in [0.1, 0.15) is 38.8 Å². The van der Waals surface area contributed by atoms with Gasteiger partial charge in [0.25, 0.3) is 0 Å². The molecule has 0 N–H and O–H groups in total. The van der Waals surface area contributed by atoms with Crippen molar-refractivity contribution in [2.24, 2.45) is 0 Å². The molecule has 0 spiro atoms. The number of rotatable bonds is 2. The number of benzene rings is 1. The highest BCUT2D eigenvalue weighted by molar-refractivity contribution is 5.68. The minimum Gasteiger partial charge on any atom is -0.0841 e. The molecular formula is C14H18. The van der Waals surface area contributed by atoms with Gasteiger partial charge in [0.1, 0.15) is 0 Å². The zero-order valence-corrected chi connectivity index (χ0v) is 9.46. The molecule has 0 aliphatic rings. The average Bonchev–Trinajstić information content (AvgIpc) is 2.27. The standard InChI is InChI=1S/C14H18/c1-5-11(3)13-7-9-14(10-8-13)12(4)6-2/h5-10H,1-4H3/b11-5+,12-6+. The molecule has 0 bridgehead atoms. The van der Waals surface area contributed by atoms with Gasteiger partial charge in [-0.15, -0.1) is 0 Å².